The van der Waals surface area contributed by atoms with Crippen molar-refractivity contribution in [1.82, 2.24) is 4.90 Å². The molecule has 0 bridgehead atoms. The fraction of sp³-hybridized carbons (Fsp3) is 0.333. The van der Waals surface area contributed by atoms with Crippen LogP contribution in [0.4, 0.5) is 10.1 Å². The first-order chi connectivity index (χ1) is 11.1. The number of hydrogen-bond acceptors (Lipinski definition) is 3. The van der Waals surface area contributed by atoms with Crippen LogP contribution >= 0.6 is 15.9 Å². The number of hydrogen-bond donors (Lipinski definition) is 1. The second kappa shape index (κ2) is 7.43. The van der Waals surface area contributed by atoms with Gasteiger partial charge in [0.15, 0.2) is 0 Å². The average molecular weight is 379 g/mol. The Bertz CT molecular complexity index is 642. The van der Waals surface area contributed by atoms with Gasteiger partial charge in [-0.15, -0.1) is 0 Å². The Balaban J connectivity index is 1.55. The van der Waals surface area contributed by atoms with E-state index in [4.69, 9.17) is 0 Å². The predicted octanol–water partition coefficient (Wildman–Crippen LogP) is 3.44. The van der Waals surface area contributed by atoms with Gasteiger partial charge in [0.05, 0.1) is 11.8 Å². The van der Waals surface area contributed by atoms with Crippen molar-refractivity contribution in [2.75, 3.05) is 37.6 Å². The third-order valence-corrected chi connectivity index (χ3v) is 4.78. The molecule has 3 nitrogen and oxygen atoms in total. The standard InChI is InChI=1S/C18H20BrFN2O/c19-15-7-5-14(6-8-15)18(23)13-21-9-11-22(12-10-21)17-4-2-1-3-16(17)20/h1-8,18,23H,9-13H2/t18-/m0/s1. The van der Waals surface area contributed by atoms with Gasteiger partial charge in [-0.25, -0.2) is 4.39 Å². The molecule has 1 aliphatic rings. The molecule has 122 valence electrons. The summed E-state index contributed by atoms with van der Waals surface area (Å²) in [5.41, 5.74) is 1.59. The minimum Gasteiger partial charge on any atom is -0.387 e. The number of piperazine rings is 1. The fourth-order valence-corrected chi connectivity index (χ4v) is 3.18. The summed E-state index contributed by atoms with van der Waals surface area (Å²) in [5.74, 6) is -0.171. The van der Waals surface area contributed by atoms with Crippen molar-refractivity contribution < 1.29 is 9.50 Å². The second-order valence-corrected chi connectivity index (χ2v) is 6.72. The highest BCUT2D eigenvalue weighted by Crippen LogP contribution is 2.22. The van der Waals surface area contributed by atoms with Crippen molar-refractivity contribution >= 4 is 21.6 Å². The number of para-hydroxylation sites is 1. The van der Waals surface area contributed by atoms with Gasteiger partial charge in [-0.2, -0.15) is 0 Å². The molecule has 23 heavy (non-hydrogen) atoms. The molecular formula is C18H20BrFN2O. The third kappa shape index (κ3) is 4.10. The van der Waals surface area contributed by atoms with E-state index in [0.717, 1.165) is 36.2 Å². The summed E-state index contributed by atoms with van der Waals surface area (Å²) < 4.78 is 14.8. The van der Waals surface area contributed by atoms with Crippen LogP contribution in [-0.2, 0) is 0 Å². The van der Waals surface area contributed by atoms with Crippen LogP contribution in [0.3, 0.4) is 0 Å². The molecule has 2 aromatic carbocycles. The van der Waals surface area contributed by atoms with Crippen LogP contribution in [-0.4, -0.2) is 42.7 Å². The maximum atomic E-state index is 13.8. The number of aliphatic hydroxyl groups is 1. The summed E-state index contributed by atoms with van der Waals surface area (Å²) in [7, 11) is 0. The van der Waals surface area contributed by atoms with Crippen molar-refractivity contribution in [3.8, 4) is 0 Å². The molecule has 1 aliphatic heterocycles. The third-order valence-electron chi connectivity index (χ3n) is 4.25. The summed E-state index contributed by atoms with van der Waals surface area (Å²) in [4.78, 5) is 4.29. The highest BCUT2D eigenvalue weighted by atomic mass is 79.9. The molecule has 1 fully saturated rings. The molecule has 1 N–H and O–H groups in total. The Morgan fingerprint density at radius 2 is 1.65 bits per heavy atom. The lowest BCUT2D eigenvalue weighted by molar-refractivity contribution is 0.109. The van der Waals surface area contributed by atoms with Crippen LogP contribution in [0.5, 0.6) is 0 Å². The molecular weight excluding hydrogens is 359 g/mol. The first-order valence-electron chi connectivity index (χ1n) is 7.79. The maximum absolute atomic E-state index is 13.8. The monoisotopic (exact) mass is 378 g/mol. The van der Waals surface area contributed by atoms with Crippen LogP contribution in [0.25, 0.3) is 0 Å². The van der Waals surface area contributed by atoms with Crippen LogP contribution < -0.4 is 4.90 Å². The Morgan fingerprint density at radius 3 is 2.30 bits per heavy atom. The highest BCUT2D eigenvalue weighted by Gasteiger charge is 2.21. The molecule has 0 radical (unpaired) electrons. The van der Waals surface area contributed by atoms with Gasteiger partial charge in [0, 0.05) is 37.2 Å². The van der Waals surface area contributed by atoms with E-state index in [2.05, 4.69) is 25.7 Å². The minimum atomic E-state index is -0.497. The van der Waals surface area contributed by atoms with Gasteiger partial charge in [0.25, 0.3) is 0 Å². The number of anilines is 1. The predicted molar refractivity (Wildman–Crippen MR) is 94.2 cm³/mol. The van der Waals surface area contributed by atoms with Crippen molar-refractivity contribution in [3.05, 3.63) is 64.4 Å². The van der Waals surface area contributed by atoms with Crippen LogP contribution in [0.1, 0.15) is 11.7 Å². The number of benzene rings is 2. The zero-order valence-electron chi connectivity index (χ0n) is 12.8. The van der Waals surface area contributed by atoms with Gasteiger partial charge >= 0.3 is 0 Å². The first kappa shape index (κ1) is 16.4. The van der Waals surface area contributed by atoms with Crippen molar-refractivity contribution in [1.29, 1.82) is 0 Å². The summed E-state index contributed by atoms with van der Waals surface area (Å²) in [6, 6.07) is 14.6. The number of β-amino-alcohol motifs (C(OH)–C–C–N with tert-alkyl or cyclic N) is 1. The second-order valence-electron chi connectivity index (χ2n) is 5.81. The molecule has 0 aromatic heterocycles. The van der Waals surface area contributed by atoms with Gasteiger partial charge in [-0.05, 0) is 29.8 Å². The van der Waals surface area contributed by atoms with Gasteiger partial charge in [0.2, 0.25) is 0 Å². The number of rotatable bonds is 4. The lowest BCUT2D eigenvalue weighted by Crippen LogP contribution is -2.47. The smallest absolute Gasteiger partial charge is 0.146 e. The van der Waals surface area contributed by atoms with Crippen LogP contribution in [0, 0.1) is 5.82 Å². The van der Waals surface area contributed by atoms with Gasteiger partial charge in [-0.1, -0.05) is 40.2 Å². The molecule has 0 spiro atoms. The summed E-state index contributed by atoms with van der Waals surface area (Å²) >= 11 is 3.40. The Hall–Kier alpha value is -1.43. The largest absolute Gasteiger partial charge is 0.387 e. The number of halogens is 2. The topological polar surface area (TPSA) is 26.7 Å². The minimum absolute atomic E-state index is 0.171. The van der Waals surface area contributed by atoms with Crippen molar-refractivity contribution in [2.45, 2.75) is 6.10 Å². The molecule has 2 aromatic rings. The molecule has 0 amide bonds. The van der Waals surface area contributed by atoms with E-state index < -0.39 is 6.10 Å². The van der Waals surface area contributed by atoms with Crippen LogP contribution in [0.15, 0.2) is 53.0 Å². The molecule has 0 saturated carbocycles. The normalized spacial score (nSPS) is 17.3. The number of nitrogens with zero attached hydrogens (tertiary/aromatic N) is 2. The Kier molecular flexibility index (Phi) is 5.30. The van der Waals surface area contributed by atoms with Crippen molar-refractivity contribution in [2.24, 2.45) is 0 Å². The summed E-state index contributed by atoms with van der Waals surface area (Å²) in [5, 5.41) is 10.4. The summed E-state index contributed by atoms with van der Waals surface area (Å²) in [6.07, 6.45) is -0.497. The van der Waals surface area contributed by atoms with E-state index >= 15 is 0 Å². The van der Waals surface area contributed by atoms with Crippen LogP contribution in [0.2, 0.25) is 0 Å². The number of aliphatic hydroxyl groups excluding tert-OH is 1. The summed E-state index contributed by atoms with van der Waals surface area (Å²) in [6.45, 7) is 3.79. The highest BCUT2D eigenvalue weighted by molar-refractivity contribution is 9.10. The molecule has 0 unspecified atom stereocenters. The van der Waals surface area contributed by atoms with Crippen molar-refractivity contribution in [3.63, 3.8) is 0 Å². The average Bonchev–Trinajstić information content (AvgIpc) is 2.57. The molecule has 1 saturated heterocycles. The molecule has 0 aliphatic carbocycles. The van der Waals surface area contributed by atoms with E-state index in [0.29, 0.717) is 12.2 Å². The zero-order valence-corrected chi connectivity index (χ0v) is 14.4. The molecule has 3 rings (SSSR count). The Morgan fingerprint density at radius 1 is 1.00 bits per heavy atom. The van der Waals surface area contributed by atoms with E-state index in [-0.39, 0.29) is 5.82 Å². The van der Waals surface area contributed by atoms with Gasteiger partial charge < -0.3 is 10.0 Å². The van der Waals surface area contributed by atoms with E-state index in [1.807, 2.05) is 36.4 Å². The lowest BCUT2D eigenvalue weighted by Gasteiger charge is -2.37. The first-order valence-corrected chi connectivity index (χ1v) is 8.58. The fourth-order valence-electron chi connectivity index (χ4n) is 2.91. The van der Waals surface area contributed by atoms with E-state index in [9.17, 15) is 9.50 Å². The molecule has 1 atom stereocenters. The lowest BCUT2D eigenvalue weighted by atomic mass is 10.1. The molecule has 5 heteroatoms. The van der Waals surface area contributed by atoms with Gasteiger partial charge in [0.1, 0.15) is 5.82 Å². The maximum Gasteiger partial charge on any atom is 0.146 e. The van der Waals surface area contributed by atoms with E-state index in [1.54, 1.807) is 6.07 Å². The van der Waals surface area contributed by atoms with Gasteiger partial charge in [-0.3, -0.25) is 4.90 Å². The molecule has 1 heterocycles. The Labute approximate surface area is 144 Å². The van der Waals surface area contributed by atoms with E-state index in [1.165, 1.54) is 6.07 Å². The zero-order chi connectivity index (χ0) is 16.2. The SMILES string of the molecule is O[C@@H](CN1CCN(c2ccccc2F)CC1)c1ccc(Br)cc1. The quantitative estimate of drug-likeness (QED) is 0.882.